The molecular formula is C16H18N2O2. The minimum Gasteiger partial charge on any atom is -0.368 e. The molecule has 1 atom stereocenters. The molecular weight excluding hydrogens is 252 g/mol. The Morgan fingerprint density at radius 3 is 3.15 bits per heavy atom. The first-order valence-electron chi connectivity index (χ1n) is 6.94. The van der Waals surface area contributed by atoms with Gasteiger partial charge in [0, 0.05) is 38.0 Å². The fraction of sp³-hybridized carbons (Fsp3) is 0.375. The molecule has 1 fully saturated rings. The second kappa shape index (κ2) is 5.59. The maximum atomic E-state index is 12.3. The number of likely N-dealkylation sites (N-methyl/N-ethyl adjacent to an activating group) is 1. The number of benzene rings is 1. The van der Waals surface area contributed by atoms with Gasteiger partial charge in [0.2, 0.25) is 0 Å². The van der Waals surface area contributed by atoms with Gasteiger partial charge in [0.05, 0.1) is 0 Å². The topological polar surface area (TPSA) is 42.4 Å². The van der Waals surface area contributed by atoms with E-state index in [0.717, 1.165) is 29.2 Å². The first-order valence-corrected chi connectivity index (χ1v) is 6.94. The predicted molar refractivity (Wildman–Crippen MR) is 77.2 cm³/mol. The zero-order chi connectivity index (χ0) is 13.9. The number of carbonyl (C=O) groups excluding carboxylic acids is 1. The average Bonchev–Trinajstić information content (AvgIpc) is 3.01. The Hall–Kier alpha value is -1.94. The Kier molecular flexibility index (Phi) is 3.65. The van der Waals surface area contributed by atoms with E-state index in [1.165, 1.54) is 0 Å². The summed E-state index contributed by atoms with van der Waals surface area (Å²) >= 11 is 0. The van der Waals surface area contributed by atoms with Crippen LogP contribution in [-0.4, -0.2) is 35.5 Å². The van der Waals surface area contributed by atoms with Crippen LogP contribution in [0.5, 0.6) is 0 Å². The summed E-state index contributed by atoms with van der Waals surface area (Å²) in [7, 11) is 1.84. The van der Waals surface area contributed by atoms with Crippen molar-refractivity contribution in [3.8, 4) is 0 Å². The number of rotatable bonds is 3. The van der Waals surface area contributed by atoms with Crippen molar-refractivity contribution in [1.82, 2.24) is 9.88 Å². The number of nitrogens with zero attached hydrogens (tertiary/aromatic N) is 2. The zero-order valence-electron chi connectivity index (χ0n) is 11.6. The minimum atomic E-state index is -0.253. The monoisotopic (exact) mass is 270 g/mol. The minimum absolute atomic E-state index is 0.0774. The Balaban J connectivity index is 1.80. The van der Waals surface area contributed by atoms with E-state index in [9.17, 15) is 4.79 Å². The van der Waals surface area contributed by atoms with Gasteiger partial charge in [0.25, 0.3) is 5.91 Å². The summed E-state index contributed by atoms with van der Waals surface area (Å²) in [5, 5.41) is 2.25. The van der Waals surface area contributed by atoms with Crippen LogP contribution in [0.3, 0.4) is 0 Å². The van der Waals surface area contributed by atoms with Crippen molar-refractivity contribution in [2.24, 2.45) is 0 Å². The first-order chi connectivity index (χ1) is 9.75. The molecule has 0 unspecified atom stereocenters. The average molecular weight is 270 g/mol. The Morgan fingerprint density at radius 2 is 2.35 bits per heavy atom. The molecule has 0 bridgehead atoms. The van der Waals surface area contributed by atoms with Crippen LogP contribution in [0.4, 0.5) is 0 Å². The molecule has 0 N–H and O–H groups in total. The van der Waals surface area contributed by atoms with Crippen LogP contribution in [0.1, 0.15) is 18.4 Å². The number of carbonyl (C=O) groups is 1. The van der Waals surface area contributed by atoms with Crippen LogP contribution >= 0.6 is 0 Å². The highest BCUT2D eigenvalue weighted by atomic mass is 16.5. The standard InChI is InChI=1S/C16H18N2O2/c1-18(16(19)15-6-3-9-20-15)11-13-5-2-4-12-10-17-8-7-14(12)13/h2,4-5,7-8,10,15H,3,6,9,11H2,1H3/t15-/m1/s1. The van der Waals surface area contributed by atoms with Crippen molar-refractivity contribution >= 4 is 16.7 Å². The number of pyridine rings is 1. The van der Waals surface area contributed by atoms with Crippen molar-refractivity contribution in [3.05, 3.63) is 42.2 Å². The van der Waals surface area contributed by atoms with Crippen molar-refractivity contribution < 1.29 is 9.53 Å². The van der Waals surface area contributed by atoms with E-state index >= 15 is 0 Å². The lowest BCUT2D eigenvalue weighted by atomic mass is 10.1. The maximum absolute atomic E-state index is 12.3. The largest absolute Gasteiger partial charge is 0.368 e. The molecule has 4 nitrogen and oxygen atoms in total. The number of amides is 1. The number of fused-ring (bicyclic) bond motifs is 1. The summed E-state index contributed by atoms with van der Waals surface area (Å²) in [5.74, 6) is 0.0774. The summed E-state index contributed by atoms with van der Waals surface area (Å²) in [5.41, 5.74) is 1.14. The van der Waals surface area contributed by atoms with Gasteiger partial charge in [-0.1, -0.05) is 18.2 Å². The van der Waals surface area contributed by atoms with Crippen LogP contribution in [0.25, 0.3) is 10.8 Å². The van der Waals surface area contributed by atoms with Gasteiger partial charge in [-0.2, -0.15) is 0 Å². The van der Waals surface area contributed by atoms with Crippen molar-refractivity contribution in [2.45, 2.75) is 25.5 Å². The first kappa shape index (κ1) is 13.1. The van der Waals surface area contributed by atoms with Gasteiger partial charge in [-0.15, -0.1) is 0 Å². The molecule has 1 saturated heterocycles. The summed E-state index contributed by atoms with van der Waals surface area (Å²) in [6, 6.07) is 8.09. The Morgan fingerprint density at radius 1 is 1.45 bits per heavy atom. The van der Waals surface area contributed by atoms with E-state index in [4.69, 9.17) is 4.74 Å². The molecule has 0 saturated carbocycles. The molecule has 1 amide bonds. The van der Waals surface area contributed by atoms with Gasteiger partial charge >= 0.3 is 0 Å². The van der Waals surface area contributed by atoms with Gasteiger partial charge in [-0.25, -0.2) is 0 Å². The molecule has 1 aromatic heterocycles. The lowest BCUT2D eigenvalue weighted by molar-refractivity contribution is -0.140. The highest BCUT2D eigenvalue weighted by Gasteiger charge is 2.26. The predicted octanol–water partition coefficient (Wildman–Crippen LogP) is 2.37. The summed E-state index contributed by atoms with van der Waals surface area (Å²) in [6.07, 6.45) is 5.19. The second-order valence-electron chi connectivity index (χ2n) is 5.21. The second-order valence-corrected chi connectivity index (χ2v) is 5.21. The van der Waals surface area contributed by atoms with Crippen LogP contribution < -0.4 is 0 Å². The third-order valence-electron chi connectivity index (χ3n) is 3.76. The molecule has 2 heterocycles. The number of hydrogen-bond acceptors (Lipinski definition) is 3. The van der Waals surface area contributed by atoms with Crippen LogP contribution in [0.15, 0.2) is 36.7 Å². The molecule has 0 aliphatic carbocycles. The summed E-state index contributed by atoms with van der Waals surface area (Å²) < 4.78 is 5.46. The number of ether oxygens (including phenoxy) is 1. The van der Waals surface area contributed by atoms with E-state index < -0.39 is 0 Å². The van der Waals surface area contributed by atoms with Crippen molar-refractivity contribution in [3.63, 3.8) is 0 Å². The van der Waals surface area contributed by atoms with Gasteiger partial charge in [0.15, 0.2) is 0 Å². The smallest absolute Gasteiger partial charge is 0.251 e. The molecule has 0 radical (unpaired) electrons. The van der Waals surface area contributed by atoms with E-state index in [0.29, 0.717) is 13.2 Å². The highest BCUT2D eigenvalue weighted by molar-refractivity contribution is 5.86. The van der Waals surface area contributed by atoms with Gasteiger partial charge in [0.1, 0.15) is 6.10 Å². The lowest BCUT2D eigenvalue weighted by Gasteiger charge is -2.21. The van der Waals surface area contributed by atoms with Crippen LogP contribution in [-0.2, 0) is 16.1 Å². The molecule has 20 heavy (non-hydrogen) atoms. The Bertz CT molecular complexity index is 615. The highest BCUT2D eigenvalue weighted by Crippen LogP contribution is 2.20. The molecule has 4 heteroatoms. The normalized spacial score (nSPS) is 18.4. The fourth-order valence-corrected chi connectivity index (χ4v) is 2.68. The molecule has 0 spiro atoms. The van der Waals surface area contributed by atoms with E-state index in [1.54, 1.807) is 11.1 Å². The molecule has 1 aliphatic heterocycles. The van der Waals surface area contributed by atoms with Crippen LogP contribution in [0.2, 0.25) is 0 Å². The quantitative estimate of drug-likeness (QED) is 0.860. The van der Waals surface area contributed by atoms with Crippen molar-refractivity contribution in [2.75, 3.05) is 13.7 Å². The summed E-state index contributed by atoms with van der Waals surface area (Å²) in [6.45, 7) is 1.30. The number of aromatic nitrogens is 1. The fourth-order valence-electron chi connectivity index (χ4n) is 2.68. The SMILES string of the molecule is CN(Cc1cccc2cnccc12)C(=O)[C@H]1CCCO1. The van der Waals surface area contributed by atoms with Gasteiger partial charge < -0.3 is 9.64 Å². The molecule has 2 aromatic rings. The number of hydrogen-bond donors (Lipinski definition) is 0. The molecule has 1 aliphatic rings. The molecule has 1 aromatic carbocycles. The van der Waals surface area contributed by atoms with Crippen molar-refractivity contribution in [1.29, 1.82) is 0 Å². The summed E-state index contributed by atoms with van der Waals surface area (Å²) in [4.78, 5) is 18.2. The van der Waals surface area contributed by atoms with E-state index in [1.807, 2.05) is 31.4 Å². The van der Waals surface area contributed by atoms with Crippen LogP contribution in [0, 0.1) is 0 Å². The lowest BCUT2D eigenvalue weighted by Crippen LogP contribution is -2.35. The zero-order valence-corrected chi connectivity index (χ0v) is 11.6. The molecule has 104 valence electrons. The van der Waals surface area contributed by atoms with E-state index in [2.05, 4.69) is 11.1 Å². The third kappa shape index (κ3) is 2.51. The Labute approximate surface area is 118 Å². The van der Waals surface area contributed by atoms with E-state index in [-0.39, 0.29) is 12.0 Å². The molecule has 3 rings (SSSR count). The van der Waals surface area contributed by atoms with Gasteiger partial charge in [-0.05, 0) is 29.9 Å². The van der Waals surface area contributed by atoms with Gasteiger partial charge in [-0.3, -0.25) is 9.78 Å². The third-order valence-corrected chi connectivity index (χ3v) is 3.76. The maximum Gasteiger partial charge on any atom is 0.251 e.